The Hall–Kier alpha value is -3.68. The summed E-state index contributed by atoms with van der Waals surface area (Å²) in [6.45, 7) is 11.5. The van der Waals surface area contributed by atoms with Gasteiger partial charge in [0.15, 0.2) is 0 Å². The molecule has 1 aromatic carbocycles. The summed E-state index contributed by atoms with van der Waals surface area (Å²) in [6.07, 6.45) is 7.58. The average molecular weight is 586 g/mol. The standard InChI is InChI=1S/C33H43N7O3/c1-2-31(41)40-17-16-38(24-27(40)12-13-34)32-28-11-10-26(39-15-5-8-25-7-3-4-9-30(25)39)23-29(28)35-33(36-32)43-20-6-14-37-18-21-42-22-19-37/h2-4,7,9,26-27H,1,5-6,8,10-12,14-24H2. The molecule has 1 aromatic heterocycles. The molecule has 2 atom stereocenters. The Morgan fingerprint density at radius 2 is 2.00 bits per heavy atom. The Kier molecular flexibility index (Phi) is 9.39. The van der Waals surface area contributed by atoms with Crippen molar-refractivity contribution in [3.8, 4) is 12.1 Å². The number of fused-ring (bicyclic) bond motifs is 2. The molecule has 1 amide bonds. The van der Waals surface area contributed by atoms with E-state index in [-0.39, 0.29) is 18.4 Å². The quantitative estimate of drug-likeness (QED) is 0.325. The van der Waals surface area contributed by atoms with E-state index in [0.29, 0.717) is 38.3 Å². The molecule has 1 aliphatic carbocycles. The first-order chi connectivity index (χ1) is 21.1. The lowest BCUT2D eigenvalue weighted by Crippen LogP contribution is -2.55. The molecular formula is C33H43N7O3. The van der Waals surface area contributed by atoms with Gasteiger partial charge in [-0.05, 0) is 49.8 Å². The number of aromatic nitrogens is 2. The zero-order valence-electron chi connectivity index (χ0n) is 25.1. The van der Waals surface area contributed by atoms with Crippen molar-refractivity contribution in [2.45, 2.75) is 57.0 Å². The molecule has 0 N–H and O–H groups in total. The van der Waals surface area contributed by atoms with Gasteiger partial charge in [-0.2, -0.15) is 15.2 Å². The molecule has 6 rings (SSSR count). The van der Waals surface area contributed by atoms with Crippen LogP contribution in [0, 0.1) is 11.3 Å². The van der Waals surface area contributed by atoms with E-state index in [1.54, 1.807) is 4.90 Å². The molecule has 43 heavy (non-hydrogen) atoms. The minimum absolute atomic E-state index is 0.126. The maximum Gasteiger partial charge on any atom is 0.318 e. The molecule has 2 aromatic rings. The number of aryl methyl sites for hydroxylation is 1. The normalized spacial score (nSPS) is 22.3. The number of carbonyl (C=O) groups excluding carboxylic acids is 1. The molecule has 4 heterocycles. The van der Waals surface area contributed by atoms with Crippen molar-refractivity contribution in [1.82, 2.24) is 19.8 Å². The summed E-state index contributed by atoms with van der Waals surface area (Å²) < 4.78 is 11.7. The maximum absolute atomic E-state index is 12.5. The van der Waals surface area contributed by atoms with Crippen LogP contribution in [0.3, 0.4) is 0 Å². The van der Waals surface area contributed by atoms with E-state index in [1.807, 2.05) is 0 Å². The highest BCUT2D eigenvalue weighted by molar-refractivity contribution is 5.87. The molecule has 2 fully saturated rings. The minimum Gasteiger partial charge on any atom is -0.463 e. The third-order valence-electron chi connectivity index (χ3n) is 9.31. The number of nitriles is 1. The molecule has 2 saturated heterocycles. The molecule has 4 aliphatic rings. The van der Waals surface area contributed by atoms with Crippen LogP contribution in [-0.2, 0) is 28.8 Å². The number of nitrogens with zero attached hydrogens (tertiary/aromatic N) is 7. The molecule has 2 unspecified atom stereocenters. The molecule has 3 aliphatic heterocycles. The number of anilines is 2. The van der Waals surface area contributed by atoms with Crippen LogP contribution in [0.1, 0.15) is 42.5 Å². The fraction of sp³-hybridized carbons (Fsp3) is 0.576. The summed E-state index contributed by atoms with van der Waals surface area (Å²) in [5, 5.41) is 9.53. The number of amides is 1. The van der Waals surface area contributed by atoms with E-state index in [4.69, 9.17) is 19.4 Å². The van der Waals surface area contributed by atoms with Crippen LogP contribution in [0.25, 0.3) is 0 Å². The second kappa shape index (κ2) is 13.7. The summed E-state index contributed by atoms with van der Waals surface area (Å²) in [5.41, 5.74) is 5.04. The van der Waals surface area contributed by atoms with Crippen molar-refractivity contribution in [3.63, 3.8) is 0 Å². The van der Waals surface area contributed by atoms with E-state index < -0.39 is 0 Å². The first-order valence-corrected chi connectivity index (χ1v) is 15.9. The number of piperazine rings is 1. The number of carbonyl (C=O) groups is 1. The van der Waals surface area contributed by atoms with Gasteiger partial charge in [0.1, 0.15) is 5.82 Å². The number of hydrogen-bond donors (Lipinski definition) is 0. The first-order valence-electron chi connectivity index (χ1n) is 15.9. The highest BCUT2D eigenvalue weighted by atomic mass is 16.5. The van der Waals surface area contributed by atoms with Crippen LogP contribution in [0.4, 0.5) is 11.5 Å². The Bertz CT molecular complexity index is 1340. The van der Waals surface area contributed by atoms with Crippen LogP contribution in [0.2, 0.25) is 0 Å². The molecule has 0 spiro atoms. The van der Waals surface area contributed by atoms with Gasteiger partial charge < -0.3 is 24.2 Å². The molecule has 228 valence electrons. The van der Waals surface area contributed by atoms with Crippen LogP contribution < -0.4 is 14.5 Å². The summed E-state index contributed by atoms with van der Waals surface area (Å²) in [5.74, 6) is 0.776. The van der Waals surface area contributed by atoms with E-state index in [0.717, 1.165) is 83.0 Å². The Labute approximate surface area is 254 Å². The molecule has 0 radical (unpaired) electrons. The molecule has 10 heteroatoms. The monoisotopic (exact) mass is 585 g/mol. The fourth-order valence-electron chi connectivity index (χ4n) is 7.10. The van der Waals surface area contributed by atoms with Gasteiger partial charge in [0.25, 0.3) is 0 Å². The largest absolute Gasteiger partial charge is 0.463 e. The van der Waals surface area contributed by atoms with Crippen LogP contribution in [0.5, 0.6) is 6.01 Å². The first kappa shape index (κ1) is 29.4. The number of rotatable bonds is 9. The Balaban J connectivity index is 1.24. The Morgan fingerprint density at radius 3 is 2.84 bits per heavy atom. The van der Waals surface area contributed by atoms with Crippen molar-refractivity contribution in [2.75, 3.05) is 75.4 Å². The average Bonchev–Trinajstić information content (AvgIpc) is 3.06. The molecule has 10 nitrogen and oxygen atoms in total. The predicted molar refractivity (Wildman–Crippen MR) is 165 cm³/mol. The van der Waals surface area contributed by atoms with Gasteiger partial charge in [-0.1, -0.05) is 24.8 Å². The summed E-state index contributed by atoms with van der Waals surface area (Å²) in [4.78, 5) is 31.6. The van der Waals surface area contributed by atoms with Gasteiger partial charge in [-0.3, -0.25) is 9.69 Å². The second-order valence-electron chi connectivity index (χ2n) is 11.9. The number of morpholine rings is 1. The lowest BCUT2D eigenvalue weighted by Gasteiger charge is -2.43. The van der Waals surface area contributed by atoms with Crippen molar-refractivity contribution in [1.29, 1.82) is 5.26 Å². The third-order valence-corrected chi connectivity index (χ3v) is 9.31. The van der Waals surface area contributed by atoms with Crippen molar-refractivity contribution in [2.24, 2.45) is 0 Å². The summed E-state index contributed by atoms with van der Waals surface area (Å²) in [7, 11) is 0. The van der Waals surface area contributed by atoms with Crippen LogP contribution >= 0.6 is 0 Å². The van der Waals surface area contributed by atoms with E-state index in [9.17, 15) is 10.1 Å². The van der Waals surface area contributed by atoms with E-state index in [1.165, 1.54) is 29.3 Å². The highest BCUT2D eigenvalue weighted by Crippen LogP contribution is 2.36. The van der Waals surface area contributed by atoms with Gasteiger partial charge in [0.2, 0.25) is 5.91 Å². The summed E-state index contributed by atoms with van der Waals surface area (Å²) >= 11 is 0. The molecule has 0 saturated carbocycles. The molecule has 0 bridgehead atoms. The van der Waals surface area contributed by atoms with Crippen LogP contribution in [0.15, 0.2) is 36.9 Å². The maximum atomic E-state index is 12.5. The van der Waals surface area contributed by atoms with Crippen molar-refractivity contribution >= 4 is 17.4 Å². The lowest BCUT2D eigenvalue weighted by atomic mass is 9.88. The van der Waals surface area contributed by atoms with Gasteiger partial charge in [0, 0.05) is 69.5 Å². The van der Waals surface area contributed by atoms with Gasteiger partial charge in [-0.25, -0.2) is 0 Å². The molecular weight excluding hydrogens is 542 g/mol. The third kappa shape index (κ3) is 6.63. The predicted octanol–water partition coefficient (Wildman–Crippen LogP) is 3.00. The van der Waals surface area contributed by atoms with Gasteiger partial charge in [-0.15, -0.1) is 0 Å². The van der Waals surface area contributed by atoms with E-state index in [2.05, 4.69) is 51.6 Å². The van der Waals surface area contributed by atoms with Crippen molar-refractivity contribution < 1.29 is 14.3 Å². The van der Waals surface area contributed by atoms with Crippen molar-refractivity contribution in [3.05, 3.63) is 53.7 Å². The highest BCUT2D eigenvalue weighted by Gasteiger charge is 2.35. The summed E-state index contributed by atoms with van der Waals surface area (Å²) in [6, 6.07) is 11.7. The fourth-order valence-corrected chi connectivity index (χ4v) is 7.10. The van der Waals surface area contributed by atoms with Gasteiger partial charge >= 0.3 is 6.01 Å². The number of hydrogen-bond acceptors (Lipinski definition) is 9. The van der Waals surface area contributed by atoms with Crippen LogP contribution in [-0.4, -0.2) is 103 Å². The zero-order chi connectivity index (χ0) is 29.6. The number of benzene rings is 1. The van der Waals surface area contributed by atoms with Gasteiger partial charge in [0.05, 0.1) is 44.0 Å². The number of ether oxygens (including phenoxy) is 2. The smallest absolute Gasteiger partial charge is 0.318 e. The minimum atomic E-state index is -0.214. The zero-order valence-corrected chi connectivity index (χ0v) is 25.1. The Morgan fingerprint density at radius 1 is 1.14 bits per heavy atom. The topological polar surface area (TPSA) is 98.1 Å². The SMILES string of the molecule is C=CC(=O)N1CCN(c2nc(OCCCN3CCOCC3)nc3c2CCC(N2CCCc4ccccc42)C3)CC1CC#N. The lowest BCUT2D eigenvalue weighted by molar-refractivity contribution is -0.128. The second-order valence-corrected chi connectivity index (χ2v) is 11.9. The van der Waals surface area contributed by atoms with E-state index >= 15 is 0 Å². The number of para-hydroxylation sites is 1.